The average Bonchev–Trinajstić information content (AvgIpc) is 2.91. The third-order valence-corrected chi connectivity index (χ3v) is 3.36. The molecule has 2 heterocycles. The van der Waals surface area contributed by atoms with Crippen molar-refractivity contribution in [3.63, 3.8) is 0 Å². The van der Waals surface area contributed by atoms with Gasteiger partial charge in [-0.15, -0.1) is 0 Å². The van der Waals surface area contributed by atoms with Crippen LogP contribution in [0.5, 0.6) is 0 Å². The Morgan fingerprint density at radius 3 is 2.95 bits per heavy atom. The molecule has 1 aromatic heterocycles. The lowest BCUT2D eigenvalue weighted by atomic mass is 9.95. The first kappa shape index (κ1) is 11.9. The highest BCUT2D eigenvalue weighted by Crippen LogP contribution is 2.30. The van der Waals surface area contributed by atoms with Crippen LogP contribution < -0.4 is 11.1 Å². The van der Waals surface area contributed by atoms with Crippen molar-refractivity contribution in [3.05, 3.63) is 53.2 Å². The van der Waals surface area contributed by atoms with E-state index in [1.54, 1.807) is 12.1 Å². The fourth-order valence-electron chi connectivity index (χ4n) is 2.29. The van der Waals surface area contributed by atoms with Gasteiger partial charge in [0, 0.05) is 23.2 Å². The molecule has 4 nitrogen and oxygen atoms in total. The zero-order valence-electron chi connectivity index (χ0n) is 10.2. The summed E-state index contributed by atoms with van der Waals surface area (Å²) in [6.07, 6.45) is 4.03. The number of carbonyl (C=O) groups excluding carboxylic acids is 1. The molecule has 0 spiro atoms. The maximum atomic E-state index is 14.1. The second kappa shape index (κ2) is 4.51. The van der Waals surface area contributed by atoms with Crippen LogP contribution in [0.3, 0.4) is 0 Å². The molecule has 19 heavy (non-hydrogen) atoms. The fraction of sp³-hybridized carbons (Fsp3) is 0.214. The van der Waals surface area contributed by atoms with Gasteiger partial charge in [0.05, 0.1) is 18.6 Å². The van der Waals surface area contributed by atoms with E-state index in [1.165, 1.54) is 18.6 Å². The quantitative estimate of drug-likeness (QED) is 0.870. The van der Waals surface area contributed by atoms with E-state index in [-0.39, 0.29) is 5.91 Å². The van der Waals surface area contributed by atoms with Crippen LogP contribution in [0.2, 0.25) is 0 Å². The van der Waals surface area contributed by atoms with Gasteiger partial charge in [-0.2, -0.15) is 0 Å². The molecule has 0 fully saturated rings. The number of anilines is 1. The standard InChI is InChI=1S/C14H13FN2O2/c15-11-6-12-8(1-2-13(18)17-12)5-10(11)14(16)9-3-4-19-7-9/h3-7,14H,1-2,16H2,(H,17,18). The first-order valence-electron chi connectivity index (χ1n) is 6.05. The summed E-state index contributed by atoms with van der Waals surface area (Å²) in [6, 6.07) is 4.20. The summed E-state index contributed by atoms with van der Waals surface area (Å²) in [5.74, 6) is -0.506. The number of rotatable bonds is 2. The van der Waals surface area contributed by atoms with Crippen molar-refractivity contribution in [2.24, 2.45) is 5.73 Å². The van der Waals surface area contributed by atoms with Crippen molar-refractivity contribution >= 4 is 11.6 Å². The molecule has 3 rings (SSSR count). The minimum Gasteiger partial charge on any atom is -0.472 e. The van der Waals surface area contributed by atoms with Crippen molar-refractivity contribution in [3.8, 4) is 0 Å². The summed E-state index contributed by atoms with van der Waals surface area (Å²) >= 11 is 0. The number of carbonyl (C=O) groups is 1. The van der Waals surface area contributed by atoms with Crippen LogP contribution in [-0.2, 0) is 11.2 Å². The van der Waals surface area contributed by atoms with Gasteiger partial charge in [0.25, 0.3) is 0 Å². The summed E-state index contributed by atoms with van der Waals surface area (Å²) in [6.45, 7) is 0. The highest BCUT2D eigenvalue weighted by Gasteiger charge is 2.21. The molecule has 3 N–H and O–H groups in total. The number of hydrogen-bond acceptors (Lipinski definition) is 3. The van der Waals surface area contributed by atoms with Crippen LogP contribution in [0.4, 0.5) is 10.1 Å². The molecular weight excluding hydrogens is 247 g/mol. The molecule has 0 aliphatic carbocycles. The summed E-state index contributed by atoms with van der Waals surface area (Å²) in [5.41, 5.74) is 8.62. The lowest BCUT2D eigenvalue weighted by Crippen LogP contribution is -2.21. The van der Waals surface area contributed by atoms with Gasteiger partial charge in [0.15, 0.2) is 0 Å². The minimum atomic E-state index is -0.568. The van der Waals surface area contributed by atoms with E-state index in [9.17, 15) is 9.18 Å². The molecule has 0 saturated heterocycles. The Morgan fingerprint density at radius 1 is 1.37 bits per heavy atom. The summed E-state index contributed by atoms with van der Waals surface area (Å²) in [5, 5.41) is 2.66. The van der Waals surface area contributed by atoms with E-state index in [0.717, 1.165) is 11.1 Å². The van der Waals surface area contributed by atoms with Gasteiger partial charge >= 0.3 is 0 Å². The normalized spacial score (nSPS) is 15.8. The van der Waals surface area contributed by atoms with Crippen LogP contribution in [0.15, 0.2) is 35.1 Å². The largest absolute Gasteiger partial charge is 0.472 e. The molecule has 0 radical (unpaired) electrons. The molecule has 0 saturated carbocycles. The van der Waals surface area contributed by atoms with Crippen molar-refractivity contribution in [1.82, 2.24) is 0 Å². The number of amides is 1. The predicted octanol–water partition coefficient (Wildman–Crippen LogP) is 2.35. The van der Waals surface area contributed by atoms with Crippen molar-refractivity contribution in [1.29, 1.82) is 0 Å². The lowest BCUT2D eigenvalue weighted by Gasteiger charge is -2.20. The van der Waals surface area contributed by atoms with Crippen LogP contribution in [0.25, 0.3) is 0 Å². The molecular formula is C14H13FN2O2. The Morgan fingerprint density at radius 2 is 2.21 bits per heavy atom. The highest BCUT2D eigenvalue weighted by atomic mass is 19.1. The number of fused-ring (bicyclic) bond motifs is 1. The Balaban J connectivity index is 2.01. The monoisotopic (exact) mass is 260 g/mol. The maximum absolute atomic E-state index is 14.1. The molecule has 2 aromatic rings. The van der Waals surface area contributed by atoms with E-state index in [4.69, 9.17) is 10.2 Å². The smallest absolute Gasteiger partial charge is 0.224 e. The number of furan rings is 1. The van der Waals surface area contributed by atoms with Gasteiger partial charge in [-0.25, -0.2) is 4.39 Å². The van der Waals surface area contributed by atoms with Gasteiger partial charge in [-0.1, -0.05) is 0 Å². The number of nitrogens with two attached hydrogens (primary N) is 1. The van der Waals surface area contributed by atoms with Gasteiger partial charge in [-0.05, 0) is 30.2 Å². The van der Waals surface area contributed by atoms with Crippen molar-refractivity contribution < 1.29 is 13.6 Å². The minimum absolute atomic E-state index is 0.0845. The van der Waals surface area contributed by atoms with Gasteiger partial charge in [0.2, 0.25) is 5.91 Å². The number of hydrogen-bond donors (Lipinski definition) is 2. The second-order valence-corrected chi connectivity index (χ2v) is 4.61. The Hall–Kier alpha value is -2.14. The van der Waals surface area contributed by atoms with Crippen LogP contribution >= 0.6 is 0 Å². The first-order chi connectivity index (χ1) is 9.15. The van der Waals surface area contributed by atoms with Crippen molar-refractivity contribution in [2.75, 3.05) is 5.32 Å². The summed E-state index contributed by atoms with van der Waals surface area (Å²) in [4.78, 5) is 11.3. The van der Waals surface area contributed by atoms with E-state index in [2.05, 4.69) is 5.32 Å². The molecule has 1 atom stereocenters. The molecule has 1 aliphatic rings. The van der Waals surface area contributed by atoms with E-state index in [0.29, 0.717) is 24.1 Å². The highest BCUT2D eigenvalue weighted by molar-refractivity contribution is 5.93. The van der Waals surface area contributed by atoms with Gasteiger partial charge < -0.3 is 15.5 Å². The van der Waals surface area contributed by atoms with E-state index < -0.39 is 11.9 Å². The fourth-order valence-corrected chi connectivity index (χ4v) is 2.29. The third-order valence-electron chi connectivity index (χ3n) is 3.36. The number of halogens is 1. The SMILES string of the molecule is NC(c1ccoc1)c1cc2c(cc1F)NC(=O)CC2. The van der Waals surface area contributed by atoms with Crippen molar-refractivity contribution in [2.45, 2.75) is 18.9 Å². The molecule has 1 aromatic carbocycles. The summed E-state index contributed by atoms with van der Waals surface area (Å²) in [7, 11) is 0. The molecule has 1 amide bonds. The number of benzene rings is 1. The zero-order chi connectivity index (χ0) is 13.4. The predicted molar refractivity (Wildman–Crippen MR) is 68.1 cm³/mol. The Bertz CT molecular complexity index is 623. The molecule has 0 bridgehead atoms. The maximum Gasteiger partial charge on any atom is 0.224 e. The van der Waals surface area contributed by atoms with Gasteiger partial charge in [0.1, 0.15) is 5.82 Å². The van der Waals surface area contributed by atoms with Crippen LogP contribution in [-0.4, -0.2) is 5.91 Å². The molecule has 5 heteroatoms. The Labute approximate surface area is 109 Å². The van der Waals surface area contributed by atoms with Gasteiger partial charge in [-0.3, -0.25) is 4.79 Å². The number of aryl methyl sites for hydroxylation is 1. The Kier molecular flexibility index (Phi) is 2.83. The van der Waals surface area contributed by atoms with E-state index >= 15 is 0 Å². The molecule has 98 valence electrons. The molecule has 1 aliphatic heterocycles. The lowest BCUT2D eigenvalue weighted by molar-refractivity contribution is -0.116. The van der Waals surface area contributed by atoms with E-state index in [1.807, 2.05) is 0 Å². The van der Waals surface area contributed by atoms with Crippen LogP contribution in [0, 0.1) is 5.82 Å². The average molecular weight is 260 g/mol. The first-order valence-corrected chi connectivity index (χ1v) is 6.05. The summed E-state index contributed by atoms with van der Waals surface area (Å²) < 4.78 is 19.0. The third kappa shape index (κ3) is 2.13. The topological polar surface area (TPSA) is 68.3 Å². The number of nitrogens with one attached hydrogen (secondary N) is 1. The zero-order valence-corrected chi connectivity index (χ0v) is 10.2. The second-order valence-electron chi connectivity index (χ2n) is 4.61. The molecule has 1 unspecified atom stereocenters. The van der Waals surface area contributed by atoms with Crippen LogP contribution in [0.1, 0.15) is 29.2 Å².